The first kappa shape index (κ1) is 19.9. The molecule has 0 aliphatic heterocycles. The van der Waals surface area contributed by atoms with Crippen molar-refractivity contribution in [3.63, 3.8) is 0 Å². The smallest absolute Gasteiger partial charge is 0.281 e. The number of hydrogen-bond donors (Lipinski definition) is 2. The third-order valence-electron chi connectivity index (χ3n) is 4.51. The lowest BCUT2D eigenvalue weighted by Gasteiger charge is -2.27. The molecule has 0 bridgehead atoms. The van der Waals surface area contributed by atoms with Crippen LogP contribution >= 0.6 is 0 Å². The maximum atomic E-state index is 13.0. The van der Waals surface area contributed by atoms with E-state index in [-0.39, 0.29) is 5.69 Å². The van der Waals surface area contributed by atoms with E-state index in [4.69, 9.17) is 0 Å². The summed E-state index contributed by atoms with van der Waals surface area (Å²) >= 11 is 0. The van der Waals surface area contributed by atoms with Gasteiger partial charge in [0.25, 0.3) is 11.6 Å². The van der Waals surface area contributed by atoms with Crippen LogP contribution in [0.1, 0.15) is 23.6 Å². The van der Waals surface area contributed by atoms with Crippen LogP contribution in [-0.2, 0) is 10.4 Å². The minimum absolute atomic E-state index is 0.0755. The van der Waals surface area contributed by atoms with E-state index in [2.05, 4.69) is 10.5 Å². The maximum absolute atomic E-state index is 13.0. The van der Waals surface area contributed by atoms with Gasteiger partial charge >= 0.3 is 0 Å². The quantitative estimate of drug-likeness (QED) is 0.383. The summed E-state index contributed by atoms with van der Waals surface area (Å²) < 4.78 is 0. The summed E-state index contributed by atoms with van der Waals surface area (Å²) in [6.45, 7) is 1.61. The van der Waals surface area contributed by atoms with Gasteiger partial charge in [0.1, 0.15) is 0 Å². The molecule has 0 unspecified atom stereocenters. The minimum Gasteiger partial charge on any atom is -0.372 e. The number of nitro groups is 1. The largest absolute Gasteiger partial charge is 0.372 e. The lowest BCUT2D eigenvalue weighted by molar-refractivity contribution is -0.384. The van der Waals surface area contributed by atoms with E-state index in [1.807, 2.05) is 0 Å². The van der Waals surface area contributed by atoms with Crippen molar-refractivity contribution in [2.24, 2.45) is 5.10 Å². The summed E-state index contributed by atoms with van der Waals surface area (Å²) in [4.78, 5) is 23.4. The van der Waals surface area contributed by atoms with Gasteiger partial charge in [0.2, 0.25) is 0 Å². The van der Waals surface area contributed by atoms with Gasteiger partial charge in [0.05, 0.1) is 10.6 Å². The predicted molar refractivity (Wildman–Crippen MR) is 109 cm³/mol. The van der Waals surface area contributed by atoms with E-state index >= 15 is 0 Å². The molecule has 0 aromatic heterocycles. The fourth-order valence-corrected chi connectivity index (χ4v) is 2.91. The van der Waals surface area contributed by atoms with E-state index in [1.165, 1.54) is 12.1 Å². The maximum Gasteiger partial charge on any atom is 0.281 e. The van der Waals surface area contributed by atoms with Crippen molar-refractivity contribution in [2.75, 3.05) is 0 Å². The predicted octanol–water partition coefficient (Wildman–Crippen LogP) is 3.37. The Morgan fingerprint density at radius 2 is 1.52 bits per heavy atom. The number of amides is 1. The zero-order valence-corrected chi connectivity index (χ0v) is 15.6. The van der Waals surface area contributed by atoms with E-state index < -0.39 is 16.4 Å². The number of aliphatic hydroxyl groups is 1. The van der Waals surface area contributed by atoms with Crippen molar-refractivity contribution in [2.45, 2.75) is 12.5 Å². The monoisotopic (exact) mass is 389 g/mol. The molecule has 0 radical (unpaired) electrons. The molecule has 2 N–H and O–H groups in total. The molecule has 0 saturated carbocycles. The van der Waals surface area contributed by atoms with Crippen LogP contribution < -0.4 is 5.43 Å². The highest BCUT2D eigenvalue weighted by Crippen LogP contribution is 2.29. The average molecular weight is 389 g/mol. The fourth-order valence-electron chi connectivity index (χ4n) is 2.91. The number of nitrogens with zero attached hydrogens (tertiary/aromatic N) is 2. The molecule has 0 aliphatic carbocycles. The second-order valence-corrected chi connectivity index (χ2v) is 6.39. The fraction of sp³-hybridized carbons (Fsp3) is 0.0909. The van der Waals surface area contributed by atoms with Crippen molar-refractivity contribution in [3.05, 3.63) is 112 Å². The Labute approximate surface area is 167 Å². The molecule has 3 aromatic rings. The van der Waals surface area contributed by atoms with Crippen LogP contribution in [0.5, 0.6) is 0 Å². The number of rotatable bonds is 6. The Balaban J connectivity index is 1.93. The Bertz CT molecular complexity index is 1010. The van der Waals surface area contributed by atoms with Crippen LogP contribution in [0.2, 0.25) is 0 Å². The molecular formula is C22H19N3O4. The Morgan fingerprint density at radius 3 is 2.03 bits per heavy atom. The van der Waals surface area contributed by atoms with Crippen LogP contribution in [0, 0.1) is 10.1 Å². The third kappa shape index (κ3) is 4.20. The number of hydrazone groups is 1. The SMILES string of the molecule is C/C(=N\NC(=O)C(O)(c1ccccc1)c1ccccc1)c1cccc([N+](=O)[O-])c1. The van der Waals surface area contributed by atoms with Gasteiger partial charge in [-0.25, -0.2) is 5.43 Å². The molecule has 146 valence electrons. The third-order valence-corrected chi connectivity index (χ3v) is 4.51. The molecule has 0 saturated heterocycles. The first-order chi connectivity index (χ1) is 13.9. The summed E-state index contributed by atoms with van der Waals surface area (Å²) in [6, 6.07) is 23.1. The molecule has 0 atom stereocenters. The zero-order chi connectivity index (χ0) is 20.9. The molecule has 0 spiro atoms. The van der Waals surface area contributed by atoms with Gasteiger partial charge < -0.3 is 5.11 Å². The molecule has 0 aliphatic rings. The number of benzene rings is 3. The van der Waals surface area contributed by atoms with Gasteiger partial charge in [-0.05, 0) is 18.1 Å². The summed E-state index contributed by atoms with van der Waals surface area (Å²) in [6.07, 6.45) is 0. The van der Waals surface area contributed by atoms with Crippen LogP contribution in [0.4, 0.5) is 5.69 Å². The van der Waals surface area contributed by atoms with Gasteiger partial charge in [0, 0.05) is 17.7 Å². The van der Waals surface area contributed by atoms with Crippen molar-refractivity contribution in [1.29, 1.82) is 0 Å². The van der Waals surface area contributed by atoms with Crippen molar-refractivity contribution < 1.29 is 14.8 Å². The zero-order valence-electron chi connectivity index (χ0n) is 15.6. The van der Waals surface area contributed by atoms with Crippen LogP contribution in [0.15, 0.2) is 90.0 Å². The Kier molecular flexibility index (Phi) is 5.80. The second-order valence-electron chi connectivity index (χ2n) is 6.39. The number of non-ortho nitro benzene ring substituents is 1. The van der Waals surface area contributed by atoms with Crippen molar-refractivity contribution in [3.8, 4) is 0 Å². The van der Waals surface area contributed by atoms with Gasteiger partial charge in [-0.15, -0.1) is 0 Å². The molecule has 1 amide bonds. The van der Waals surface area contributed by atoms with Crippen LogP contribution in [0.3, 0.4) is 0 Å². The van der Waals surface area contributed by atoms with E-state index in [9.17, 15) is 20.0 Å². The highest BCUT2D eigenvalue weighted by atomic mass is 16.6. The molecule has 0 heterocycles. The van der Waals surface area contributed by atoms with E-state index in [0.29, 0.717) is 22.4 Å². The normalized spacial score (nSPS) is 11.7. The minimum atomic E-state index is -1.95. The first-order valence-corrected chi connectivity index (χ1v) is 8.86. The molecule has 7 heteroatoms. The van der Waals surface area contributed by atoms with E-state index in [1.54, 1.807) is 79.7 Å². The van der Waals surface area contributed by atoms with Gasteiger partial charge in [-0.1, -0.05) is 72.8 Å². The van der Waals surface area contributed by atoms with Crippen LogP contribution in [0.25, 0.3) is 0 Å². The Hall–Kier alpha value is -3.84. The first-order valence-electron chi connectivity index (χ1n) is 8.86. The molecule has 0 fully saturated rings. The summed E-state index contributed by atoms with van der Waals surface area (Å²) in [5.41, 5.74) is 2.02. The summed E-state index contributed by atoms with van der Waals surface area (Å²) in [5, 5.41) is 26.3. The van der Waals surface area contributed by atoms with Crippen molar-refractivity contribution >= 4 is 17.3 Å². The number of nitro benzene ring substituents is 1. The van der Waals surface area contributed by atoms with Crippen LogP contribution in [-0.4, -0.2) is 21.6 Å². The Morgan fingerprint density at radius 1 is 0.966 bits per heavy atom. The highest BCUT2D eigenvalue weighted by molar-refractivity contribution is 6.00. The van der Waals surface area contributed by atoms with E-state index in [0.717, 1.165) is 0 Å². The molecule has 3 aromatic carbocycles. The number of hydrogen-bond acceptors (Lipinski definition) is 5. The lowest BCUT2D eigenvalue weighted by atomic mass is 9.85. The summed E-state index contributed by atoms with van der Waals surface area (Å²) in [7, 11) is 0. The summed E-state index contributed by atoms with van der Waals surface area (Å²) in [5.74, 6) is -0.736. The highest BCUT2D eigenvalue weighted by Gasteiger charge is 2.39. The number of nitrogens with one attached hydrogen (secondary N) is 1. The standard InChI is InChI=1S/C22H19N3O4/c1-16(17-9-8-14-20(15-17)25(28)29)23-24-21(26)22(27,18-10-4-2-5-11-18)19-12-6-3-7-13-19/h2-15,27H,1H3,(H,24,26)/b23-16+. The number of carbonyl (C=O) groups is 1. The molecule has 3 rings (SSSR count). The second kappa shape index (κ2) is 8.45. The molecule has 29 heavy (non-hydrogen) atoms. The topological polar surface area (TPSA) is 105 Å². The van der Waals surface area contributed by atoms with Gasteiger partial charge in [-0.3, -0.25) is 14.9 Å². The molecule has 7 nitrogen and oxygen atoms in total. The molecular weight excluding hydrogens is 370 g/mol. The van der Waals surface area contributed by atoms with Gasteiger partial charge in [0.15, 0.2) is 5.60 Å². The number of carbonyl (C=O) groups excluding carboxylic acids is 1. The lowest BCUT2D eigenvalue weighted by Crippen LogP contribution is -2.43. The van der Waals surface area contributed by atoms with Crippen molar-refractivity contribution in [1.82, 2.24) is 5.43 Å². The van der Waals surface area contributed by atoms with Gasteiger partial charge in [-0.2, -0.15) is 5.10 Å². The average Bonchev–Trinajstić information content (AvgIpc) is 2.77.